The fourth-order valence-electron chi connectivity index (χ4n) is 1.23. The molecule has 0 amide bonds. The zero-order valence-corrected chi connectivity index (χ0v) is 8.78. The van der Waals surface area contributed by atoms with Crippen molar-refractivity contribution in [2.75, 3.05) is 13.2 Å². The second kappa shape index (κ2) is 6.56. The number of unbranched alkanes of at least 4 members (excludes halogenated alkanes) is 1. The van der Waals surface area contributed by atoms with Crippen molar-refractivity contribution in [1.82, 2.24) is 9.55 Å². The highest BCUT2D eigenvalue weighted by Gasteiger charge is 1.98. The Bertz CT molecular complexity index is 247. The zero-order valence-electron chi connectivity index (χ0n) is 8.78. The molecule has 0 aromatic carbocycles. The minimum Gasteiger partial charge on any atom is -0.380 e. The number of rotatable bonds is 7. The smallest absolute Gasteiger partial charge is 0.0949 e. The van der Waals surface area contributed by atoms with Crippen molar-refractivity contribution >= 4 is 0 Å². The van der Waals surface area contributed by atoms with Crippen molar-refractivity contribution in [2.45, 2.75) is 32.9 Å². The van der Waals surface area contributed by atoms with Crippen LogP contribution in [-0.4, -0.2) is 22.8 Å². The maximum Gasteiger partial charge on any atom is 0.0949 e. The van der Waals surface area contributed by atoms with E-state index in [9.17, 15) is 0 Å². The van der Waals surface area contributed by atoms with Crippen molar-refractivity contribution in [3.05, 3.63) is 18.2 Å². The van der Waals surface area contributed by atoms with Crippen molar-refractivity contribution in [3.63, 3.8) is 0 Å². The first-order valence-corrected chi connectivity index (χ1v) is 5.15. The molecule has 0 aliphatic carbocycles. The molecule has 4 nitrogen and oxygen atoms in total. The number of ether oxygens (including phenoxy) is 1. The lowest BCUT2D eigenvalue weighted by Gasteiger charge is -2.06. The standard InChI is InChI=1S/C10H19N3O/c1-2-3-5-14-6-4-13-9-12-8-10(13)7-11/h8-9H,2-7,11H2,1H3. The molecule has 0 unspecified atom stereocenters. The van der Waals surface area contributed by atoms with E-state index in [0.717, 1.165) is 31.9 Å². The number of nitrogens with two attached hydrogens (primary N) is 1. The fourth-order valence-corrected chi connectivity index (χ4v) is 1.23. The summed E-state index contributed by atoms with van der Waals surface area (Å²) in [5, 5.41) is 0. The summed E-state index contributed by atoms with van der Waals surface area (Å²) < 4.78 is 7.49. The number of nitrogens with zero attached hydrogens (tertiary/aromatic N) is 2. The molecular weight excluding hydrogens is 178 g/mol. The fraction of sp³-hybridized carbons (Fsp3) is 0.700. The van der Waals surface area contributed by atoms with Crippen LogP contribution >= 0.6 is 0 Å². The molecule has 0 saturated carbocycles. The molecule has 0 atom stereocenters. The molecule has 0 aliphatic heterocycles. The summed E-state index contributed by atoms with van der Waals surface area (Å²) in [4.78, 5) is 4.04. The molecular formula is C10H19N3O. The van der Waals surface area contributed by atoms with Gasteiger partial charge in [-0.2, -0.15) is 0 Å². The quantitative estimate of drug-likeness (QED) is 0.667. The summed E-state index contributed by atoms with van der Waals surface area (Å²) in [6, 6.07) is 0. The predicted molar refractivity (Wildman–Crippen MR) is 55.8 cm³/mol. The van der Waals surface area contributed by atoms with Gasteiger partial charge in [0.15, 0.2) is 0 Å². The Kier molecular flexibility index (Phi) is 5.25. The topological polar surface area (TPSA) is 53.1 Å². The first kappa shape index (κ1) is 11.2. The van der Waals surface area contributed by atoms with Gasteiger partial charge in [0.2, 0.25) is 0 Å². The highest BCUT2D eigenvalue weighted by atomic mass is 16.5. The van der Waals surface area contributed by atoms with Crippen LogP contribution in [0.15, 0.2) is 12.5 Å². The lowest BCUT2D eigenvalue weighted by atomic mass is 10.4. The van der Waals surface area contributed by atoms with Gasteiger partial charge in [0.25, 0.3) is 0 Å². The van der Waals surface area contributed by atoms with Crippen LogP contribution in [0, 0.1) is 0 Å². The van der Waals surface area contributed by atoms with E-state index in [1.807, 2.05) is 4.57 Å². The van der Waals surface area contributed by atoms with E-state index in [1.165, 1.54) is 6.42 Å². The van der Waals surface area contributed by atoms with Gasteiger partial charge in [0.05, 0.1) is 18.6 Å². The number of aromatic nitrogens is 2. The lowest BCUT2D eigenvalue weighted by molar-refractivity contribution is 0.123. The number of hydrogen-bond acceptors (Lipinski definition) is 3. The van der Waals surface area contributed by atoms with E-state index in [2.05, 4.69) is 11.9 Å². The van der Waals surface area contributed by atoms with Crippen molar-refractivity contribution in [3.8, 4) is 0 Å². The third kappa shape index (κ3) is 3.47. The molecule has 80 valence electrons. The summed E-state index contributed by atoms with van der Waals surface area (Å²) in [5.74, 6) is 0. The SMILES string of the molecule is CCCCOCCn1cncc1CN. The summed E-state index contributed by atoms with van der Waals surface area (Å²) in [7, 11) is 0. The monoisotopic (exact) mass is 197 g/mol. The van der Waals surface area contributed by atoms with Gasteiger partial charge in [-0.25, -0.2) is 4.98 Å². The van der Waals surface area contributed by atoms with Gasteiger partial charge < -0.3 is 15.0 Å². The van der Waals surface area contributed by atoms with Gasteiger partial charge in [0, 0.05) is 25.9 Å². The molecule has 0 spiro atoms. The highest BCUT2D eigenvalue weighted by molar-refractivity contribution is 4.96. The summed E-state index contributed by atoms with van der Waals surface area (Å²) in [5.41, 5.74) is 6.60. The molecule has 0 aliphatic rings. The Hall–Kier alpha value is -0.870. The molecule has 1 aromatic rings. The first-order valence-electron chi connectivity index (χ1n) is 5.15. The highest BCUT2D eigenvalue weighted by Crippen LogP contribution is 1.97. The first-order chi connectivity index (χ1) is 6.88. The molecule has 14 heavy (non-hydrogen) atoms. The third-order valence-corrected chi connectivity index (χ3v) is 2.13. The molecule has 1 heterocycles. The van der Waals surface area contributed by atoms with Crippen molar-refractivity contribution in [2.24, 2.45) is 5.73 Å². The van der Waals surface area contributed by atoms with Crippen molar-refractivity contribution < 1.29 is 4.74 Å². The van der Waals surface area contributed by atoms with Crippen LogP contribution in [0.25, 0.3) is 0 Å². The van der Waals surface area contributed by atoms with E-state index in [1.54, 1.807) is 12.5 Å². The van der Waals surface area contributed by atoms with Crippen LogP contribution in [0.4, 0.5) is 0 Å². The summed E-state index contributed by atoms with van der Waals surface area (Å²) in [6.45, 7) is 5.13. The van der Waals surface area contributed by atoms with Gasteiger partial charge in [-0.15, -0.1) is 0 Å². The van der Waals surface area contributed by atoms with Crippen LogP contribution in [-0.2, 0) is 17.8 Å². The van der Waals surface area contributed by atoms with E-state index < -0.39 is 0 Å². The molecule has 0 bridgehead atoms. The average Bonchev–Trinajstić information content (AvgIpc) is 2.65. The molecule has 0 saturated heterocycles. The second-order valence-electron chi connectivity index (χ2n) is 3.25. The van der Waals surface area contributed by atoms with E-state index in [-0.39, 0.29) is 0 Å². The van der Waals surface area contributed by atoms with Crippen LogP contribution in [0.2, 0.25) is 0 Å². The van der Waals surface area contributed by atoms with E-state index in [0.29, 0.717) is 6.54 Å². The minimum absolute atomic E-state index is 0.537. The van der Waals surface area contributed by atoms with Gasteiger partial charge in [-0.3, -0.25) is 0 Å². The molecule has 1 aromatic heterocycles. The minimum atomic E-state index is 0.537. The average molecular weight is 197 g/mol. The number of hydrogen-bond donors (Lipinski definition) is 1. The maximum absolute atomic E-state index is 5.55. The zero-order chi connectivity index (χ0) is 10.2. The Balaban J connectivity index is 2.17. The Morgan fingerprint density at radius 2 is 2.36 bits per heavy atom. The molecule has 0 fully saturated rings. The van der Waals surface area contributed by atoms with Gasteiger partial charge >= 0.3 is 0 Å². The molecule has 4 heteroatoms. The summed E-state index contributed by atoms with van der Waals surface area (Å²) >= 11 is 0. The maximum atomic E-state index is 5.55. The molecule has 1 rings (SSSR count). The third-order valence-electron chi connectivity index (χ3n) is 2.13. The largest absolute Gasteiger partial charge is 0.380 e. The predicted octanol–water partition coefficient (Wildman–Crippen LogP) is 1.16. The lowest BCUT2D eigenvalue weighted by Crippen LogP contribution is -2.11. The number of imidazole rings is 1. The van der Waals surface area contributed by atoms with Crippen LogP contribution in [0.1, 0.15) is 25.5 Å². The van der Waals surface area contributed by atoms with E-state index in [4.69, 9.17) is 10.5 Å². The Labute approximate surface area is 85.1 Å². The van der Waals surface area contributed by atoms with Crippen LogP contribution < -0.4 is 5.73 Å². The Morgan fingerprint density at radius 3 is 3.07 bits per heavy atom. The van der Waals surface area contributed by atoms with E-state index >= 15 is 0 Å². The van der Waals surface area contributed by atoms with Gasteiger partial charge in [-0.1, -0.05) is 13.3 Å². The second-order valence-corrected chi connectivity index (χ2v) is 3.25. The van der Waals surface area contributed by atoms with Crippen LogP contribution in [0.3, 0.4) is 0 Å². The van der Waals surface area contributed by atoms with Crippen molar-refractivity contribution in [1.29, 1.82) is 0 Å². The van der Waals surface area contributed by atoms with Crippen LogP contribution in [0.5, 0.6) is 0 Å². The Morgan fingerprint density at radius 1 is 1.50 bits per heavy atom. The molecule has 0 radical (unpaired) electrons. The summed E-state index contributed by atoms with van der Waals surface area (Å²) in [6.07, 6.45) is 5.91. The van der Waals surface area contributed by atoms with Gasteiger partial charge in [0.1, 0.15) is 0 Å². The normalized spacial score (nSPS) is 10.7. The molecule has 2 N–H and O–H groups in total. The van der Waals surface area contributed by atoms with Gasteiger partial charge in [-0.05, 0) is 6.42 Å².